The van der Waals surface area contributed by atoms with E-state index in [0.29, 0.717) is 25.7 Å². The van der Waals surface area contributed by atoms with Crippen molar-refractivity contribution in [2.24, 2.45) is 5.92 Å². The van der Waals surface area contributed by atoms with Crippen LogP contribution in [0.3, 0.4) is 0 Å². The van der Waals surface area contributed by atoms with Gasteiger partial charge in [-0.25, -0.2) is 4.98 Å². The summed E-state index contributed by atoms with van der Waals surface area (Å²) in [7, 11) is 0. The molecule has 22 heavy (non-hydrogen) atoms. The zero-order valence-corrected chi connectivity index (χ0v) is 12.8. The monoisotopic (exact) mass is 318 g/mol. The van der Waals surface area contributed by atoms with Gasteiger partial charge in [0.1, 0.15) is 6.10 Å². The molecule has 2 rings (SSSR count). The van der Waals surface area contributed by atoms with Gasteiger partial charge in [0.15, 0.2) is 0 Å². The molecule has 124 valence electrons. The highest BCUT2D eigenvalue weighted by Crippen LogP contribution is 2.29. The predicted octanol–water partition coefficient (Wildman–Crippen LogP) is 2.84. The number of rotatable bonds is 4. The van der Waals surface area contributed by atoms with Crippen LogP contribution in [0, 0.1) is 5.92 Å². The fourth-order valence-corrected chi connectivity index (χ4v) is 2.38. The van der Waals surface area contributed by atoms with Crippen LogP contribution in [-0.2, 0) is 10.9 Å². The molecule has 0 aliphatic carbocycles. The third-order valence-corrected chi connectivity index (χ3v) is 3.29. The first kappa shape index (κ1) is 17.0. The molecular formula is C15H21F3N2O2. The zero-order chi connectivity index (χ0) is 16.2. The van der Waals surface area contributed by atoms with Gasteiger partial charge >= 0.3 is 6.18 Å². The molecule has 0 radical (unpaired) electrons. The Labute approximate surface area is 128 Å². The first-order valence-electron chi connectivity index (χ1n) is 7.34. The Morgan fingerprint density at radius 2 is 2.18 bits per heavy atom. The van der Waals surface area contributed by atoms with Gasteiger partial charge in [0.2, 0.25) is 5.88 Å². The average molecular weight is 318 g/mol. The van der Waals surface area contributed by atoms with Crippen molar-refractivity contribution < 1.29 is 22.6 Å². The van der Waals surface area contributed by atoms with Crippen molar-refractivity contribution in [1.82, 2.24) is 9.88 Å². The van der Waals surface area contributed by atoms with Crippen LogP contribution in [0.25, 0.3) is 0 Å². The van der Waals surface area contributed by atoms with E-state index in [1.807, 2.05) is 0 Å². The van der Waals surface area contributed by atoms with E-state index in [0.717, 1.165) is 25.4 Å². The van der Waals surface area contributed by atoms with E-state index in [-0.39, 0.29) is 12.0 Å². The van der Waals surface area contributed by atoms with Crippen molar-refractivity contribution in [3.63, 3.8) is 0 Å². The van der Waals surface area contributed by atoms with Gasteiger partial charge in [0, 0.05) is 31.9 Å². The number of nitrogens with zero attached hydrogens (tertiary/aromatic N) is 2. The molecule has 2 heterocycles. The van der Waals surface area contributed by atoms with Crippen molar-refractivity contribution in [2.45, 2.75) is 26.1 Å². The largest absolute Gasteiger partial charge is 0.471 e. The van der Waals surface area contributed by atoms with Gasteiger partial charge in [-0.2, -0.15) is 13.2 Å². The molecule has 1 aromatic rings. The second-order valence-corrected chi connectivity index (χ2v) is 5.85. The van der Waals surface area contributed by atoms with E-state index < -0.39 is 11.7 Å². The number of aromatic nitrogens is 1. The van der Waals surface area contributed by atoms with Gasteiger partial charge in [-0.15, -0.1) is 0 Å². The number of hydrogen-bond acceptors (Lipinski definition) is 4. The second kappa shape index (κ2) is 7.28. The molecule has 0 bridgehead atoms. The van der Waals surface area contributed by atoms with Crippen LogP contribution < -0.4 is 4.74 Å². The highest BCUT2D eigenvalue weighted by Gasteiger charge is 2.31. The van der Waals surface area contributed by atoms with Gasteiger partial charge in [-0.3, -0.25) is 4.90 Å². The van der Waals surface area contributed by atoms with Gasteiger partial charge in [0.05, 0.1) is 18.8 Å². The molecular weight excluding hydrogens is 297 g/mol. The Bertz CT molecular complexity index is 463. The summed E-state index contributed by atoms with van der Waals surface area (Å²) >= 11 is 0. The third-order valence-electron chi connectivity index (χ3n) is 3.29. The van der Waals surface area contributed by atoms with E-state index in [1.165, 1.54) is 6.07 Å². The van der Waals surface area contributed by atoms with Crippen LogP contribution in [0.4, 0.5) is 13.2 Å². The Hall–Kier alpha value is -1.34. The number of ether oxygens (including phenoxy) is 2. The standard InChI is InChI=1S/C15H21F3N2O2/c1-11(2)8-20-5-6-21-10-13(9-20)22-14-4-3-12(7-19-14)15(16,17)18/h3-4,7,11,13H,5-6,8-10H2,1-2H3/t13-/m1/s1. The smallest absolute Gasteiger partial charge is 0.417 e. The van der Waals surface area contributed by atoms with Crippen molar-refractivity contribution in [3.8, 4) is 5.88 Å². The summed E-state index contributed by atoms with van der Waals surface area (Å²) in [5, 5.41) is 0. The molecule has 0 spiro atoms. The number of pyridine rings is 1. The Kier molecular flexibility index (Phi) is 5.63. The minimum atomic E-state index is -4.38. The minimum Gasteiger partial charge on any atom is -0.471 e. The van der Waals surface area contributed by atoms with Gasteiger partial charge in [0.25, 0.3) is 0 Å². The van der Waals surface area contributed by atoms with E-state index in [1.54, 1.807) is 0 Å². The third kappa shape index (κ3) is 5.14. The fourth-order valence-electron chi connectivity index (χ4n) is 2.38. The molecule has 0 amide bonds. The van der Waals surface area contributed by atoms with Crippen molar-refractivity contribution in [2.75, 3.05) is 32.8 Å². The highest BCUT2D eigenvalue weighted by molar-refractivity contribution is 5.20. The highest BCUT2D eigenvalue weighted by atomic mass is 19.4. The summed E-state index contributed by atoms with van der Waals surface area (Å²) in [5.74, 6) is 0.718. The molecule has 1 aliphatic rings. The van der Waals surface area contributed by atoms with Crippen molar-refractivity contribution in [3.05, 3.63) is 23.9 Å². The molecule has 0 unspecified atom stereocenters. The second-order valence-electron chi connectivity index (χ2n) is 5.85. The lowest BCUT2D eigenvalue weighted by Gasteiger charge is -2.25. The molecule has 1 atom stereocenters. The number of halogens is 3. The molecule has 0 saturated carbocycles. The zero-order valence-electron chi connectivity index (χ0n) is 12.8. The molecule has 1 fully saturated rings. The summed E-state index contributed by atoms with van der Waals surface area (Å²) in [6, 6.07) is 2.23. The van der Waals surface area contributed by atoms with Gasteiger partial charge in [-0.1, -0.05) is 13.8 Å². The quantitative estimate of drug-likeness (QED) is 0.855. The first-order valence-corrected chi connectivity index (χ1v) is 7.34. The lowest BCUT2D eigenvalue weighted by molar-refractivity contribution is -0.137. The van der Waals surface area contributed by atoms with E-state index >= 15 is 0 Å². The lowest BCUT2D eigenvalue weighted by atomic mass is 10.2. The SMILES string of the molecule is CC(C)CN1CCOC[C@H](Oc2ccc(C(F)(F)F)cn2)C1. The molecule has 1 saturated heterocycles. The van der Waals surface area contributed by atoms with Crippen molar-refractivity contribution in [1.29, 1.82) is 0 Å². The molecule has 0 N–H and O–H groups in total. The average Bonchev–Trinajstić information content (AvgIpc) is 2.63. The topological polar surface area (TPSA) is 34.6 Å². The minimum absolute atomic E-state index is 0.188. The number of alkyl halides is 3. The summed E-state index contributed by atoms with van der Waals surface area (Å²) in [6.07, 6.45) is -3.82. The Morgan fingerprint density at radius 1 is 1.41 bits per heavy atom. The normalized spacial score (nSPS) is 20.9. The predicted molar refractivity (Wildman–Crippen MR) is 75.8 cm³/mol. The van der Waals surface area contributed by atoms with Crippen LogP contribution in [0.5, 0.6) is 5.88 Å². The molecule has 7 heteroatoms. The Morgan fingerprint density at radius 3 is 2.77 bits per heavy atom. The van der Waals surface area contributed by atoms with Crippen LogP contribution in [0.15, 0.2) is 18.3 Å². The first-order chi connectivity index (χ1) is 10.3. The maximum Gasteiger partial charge on any atom is 0.417 e. The van der Waals surface area contributed by atoms with Crippen LogP contribution in [0.1, 0.15) is 19.4 Å². The van der Waals surface area contributed by atoms with Gasteiger partial charge < -0.3 is 9.47 Å². The van der Waals surface area contributed by atoms with Crippen LogP contribution in [-0.4, -0.2) is 48.8 Å². The fraction of sp³-hybridized carbons (Fsp3) is 0.667. The molecule has 1 aromatic heterocycles. The molecule has 1 aliphatic heterocycles. The van der Waals surface area contributed by atoms with Gasteiger partial charge in [-0.05, 0) is 12.0 Å². The van der Waals surface area contributed by atoms with E-state index in [2.05, 4.69) is 23.7 Å². The summed E-state index contributed by atoms with van der Waals surface area (Å²) in [5.41, 5.74) is -0.779. The summed E-state index contributed by atoms with van der Waals surface area (Å²) < 4.78 is 48.7. The summed E-state index contributed by atoms with van der Waals surface area (Å²) in [4.78, 5) is 5.98. The lowest BCUT2D eigenvalue weighted by Crippen LogP contribution is -2.38. The maximum atomic E-state index is 12.5. The van der Waals surface area contributed by atoms with E-state index in [9.17, 15) is 13.2 Å². The summed E-state index contributed by atoms with van der Waals surface area (Å²) in [6.45, 7) is 7.77. The maximum absolute atomic E-state index is 12.5. The Balaban J connectivity index is 1.96. The van der Waals surface area contributed by atoms with Crippen LogP contribution >= 0.6 is 0 Å². The molecule has 4 nitrogen and oxygen atoms in total. The van der Waals surface area contributed by atoms with Crippen molar-refractivity contribution >= 4 is 0 Å². The van der Waals surface area contributed by atoms with E-state index in [4.69, 9.17) is 9.47 Å². The molecule has 0 aromatic carbocycles. The van der Waals surface area contributed by atoms with Crippen LogP contribution in [0.2, 0.25) is 0 Å². The number of hydrogen-bond donors (Lipinski definition) is 0.